The van der Waals surface area contributed by atoms with Gasteiger partial charge in [0.25, 0.3) is 0 Å². The number of hydrogen-bond donors (Lipinski definition) is 1. The summed E-state index contributed by atoms with van der Waals surface area (Å²) in [4.78, 5) is 4.48. The first-order valence-electron chi connectivity index (χ1n) is 7.35. The van der Waals surface area contributed by atoms with Crippen molar-refractivity contribution < 1.29 is 9.13 Å². The average molecular weight is 288 g/mol. The fourth-order valence-electron chi connectivity index (χ4n) is 2.08. The number of ether oxygens (including phenoxy) is 1. The Labute approximate surface area is 125 Å². The highest BCUT2D eigenvalue weighted by molar-refractivity contribution is 5.31. The summed E-state index contributed by atoms with van der Waals surface area (Å²) in [5.74, 6) is 0.662. The van der Waals surface area contributed by atoms with Crippen LogP contribution in [-0.4, -0.2) is 11.5 Å². The maximum absolute atomic E-state index is 13.2. The molecule has 0 atom stereocenters. The normalized spacial score (nSPS) is 10.6. The van der Waals surface area contributed by atoms with Gasteiger partial charge in [0.15, 0.2) is 0 Å². The summed E-state index contributed by atoms with van der Waals surface area (Å²) < 4.78 is 18.9. The van der Waals surface area contributed by atoms with Gasteiger partial charge in [-0.2, -0.15) is 0 Å². The molecule has 112 valence electrons. The van der Waals surface area contributed by atoms with Gasteiger partial charge < -0.3 is 10.1 Å². The van der Waals surface area contributed by atoms with E-state index in [1.54, 1.807) is 12.1 Å². The molecule has 1 aromatic heterocycles. The van der Waals surface area contributed by atoms with Crippen LogP contribution in [0.2, 0.25) is 0 Å². The van der Waals surface area contributed by atoms with Crippen LogP contribution in [0.5, 0.6) is 11.6 Å². The summed E-state index contributed by atoms with van der Waals surface area (Å²) in [6, 6.07) is 10.1. The van der Waals surface area contributed by atoms with Crippen molar-refractivity contribution >= 4 is 0 Å². The lowest BCUT2D eigenvalue weighted by Gasteiger charge is -2.10. The maximum Gasteiger partial charge on any atom is 0.219 e. The molecule has 3 nitrogen and oxygen atoms in total. The lowest BCUT2D eigenvalue weighted by molar-refractivity contribution is 0.454. The number of halogens is 1. The molecule has 0 saturated carbocycles. The van der Waals surface area contributed by atoms with Crippen molar-refractivity contribution in [3.05, 3.63) is 53.5 Å². The fourth-order valence-corrected chi connectivity index (χ4v) is 2.08. The van der Waals surface area contributed by atoms with E-state index in [1.165, 1.54) is 12.1 Å². The van der Waals surface area contributed by atoms with E-state index in [9.17, 15) is 4.39 Å². The van der Waals surface area contributed by atoms with E-state index >= 15 is 0 Å². The zero-order valence-electron chi connectivity index (χ0n) is 12.5. The van der Waals surface area contributed by atoms with E-state index in [0.29, 0.717) is 11.6 Å². The van der Waals surface area contributed by atoms with Gasteiger partial charge in [0.2, 0.25) is 5.88 Å². The molecule has 0 bridgehead atoms. The van der Waals surface area contributed by atoms with Crippen LogP contribution in [0.1, 0.15) is 31.5 Å². The fraction of sp³-hybridized carbons (Fsp3) is 0.353. The van der Waals surface area contributed by atoms with Crippen LogP contribution < -0.4 is 10.1 Å². The van der Waals surface area contributed by atoms with Gasteiger partial charge in [-0.1, -0.05) is 26.3 Å². The highest BCUT2D eigenvalue weighted by atomic mass is 19.1. The van der Waals surface area contributed by atoms with Crippen molar-refractivity contribution in [3.8, 4) is 11.6 Å². The Morgan fingerprint density at radius 1 is 1.19 bits per heavy atom. The van der Waals surface area contributed by atoms with Crippen LogP contribution in [0.25, 0.3) is 0 Å². The number of rotatable bonds is 7. The van der Waals surface area contributed by atoms with Crippen LogP contribution >= 0.6 is 0 Å². The molecule has 0 aliphatic rings. The predicted molar refractivity (Wildman–Crippen MR) is 82.1 cm³/mol. The topological polar surface area (TPSA) is 34.1 Å². The molecule has 1 aromatic carbocycles. The Morgan fingerprint density at radius 3 is 2.76 bits per heavy atom. The second-order valence-electron chi connectivity index (χ2n) is 4.89. The highest BCUT2D eigenvalue weighted by Crippen LogP contribution is 2.22. The van der Waals surface area contributed by atoms with Gasteiger partial charge in [-0.05, 0) is 36.7 Å². The molecule has 0 spiro atoms. The molecule has 2 rings (SSSR count). The summed E-state index contributed by atoms with van der Waals surface area (Å²) in [6.45, 7) is 5.87. The predicted octanol–water partition coefficient (Wildman–Crippen LogP) is 4.08. The van der Waals surface area contributed by atoms with Crippen molar-refractivity contribution in [2.24, 2.45) is 0 Å². The molecule has 0 amide bonds. The van der Waals surface area contributed by atoms with Crippen LogP contribution in [0.15, 0.2) is 36.4 Å². The van der Waals surface area contributed by atoms with Crippen molar-refractivity contribution in [1.29, 1.82) is 0 Å². The van der Waals surface area contributed by atoms with Crippen LogP contribution in [0, 0.1) is 5.82 Å². The van der Waals surface area contributed by atoms with Gasteiger partial charge in [0.05, 0.1) is 0 Å². The van der Waals surface area contributed by atoms with Gasteiger partial charge in [-0.15, -0.1) is 0 Å². The molecule has 2 aromatic rings. The molecular weight excluding hydrogens is 267 g/mol. The second kappa shape index (κ2) is 7.74. The van der Waals surface area contributed by atoms with Gasteiger partial charge >= 0.3 is 0 Å². The lowest BCUT2D eigenvalue weighted by atomic mass is 10.1. The molecule has 0 saturated heterocycles. The van der Waals surface area contributed by atoms with Crippen LogP contribution in [0.4, 0.5) is 4.39 Å². The van der Waals surface area contributed by atoms with E-state index in [2.05, 4.69) is 30.2 Å². The van der Waals surface area contributed by atoms with Crippen molar-refractivity contribution in [3.63, 3.8) is 0 Å². The smallest absolute Gasteiger partial charge is 0.219 e. The minimum Gasteiger partial charge on any atom is -0.439 e. The third-order valence-electron chi connectivity index (χ3n) is 3.02. The Kier molecular flexibility index (Phi) is 5.69. The van der Waals surface area contributed by atoms with Gasteiger partial charge in [-0.25, -0.2) is 9.37 Å². The molecule has 0 radical (unpaired) electrons. The number of benzene rings is 1. The van der Waals surface area contributed by atoms with Crippen LogP contribution in [0.3, 0.4) is 0 Å². The highest BCUT2D eigenvalue weighted by Gasteiger charge is 2.05. The largest absolute Gasteiger partial charge is 0.439 e. The van der Waals surface area contributed by atoms with Crippen molar-refractivity contribution in [1.82, 2.24) is 10.3 Å². The van der Waals surface area contributed by atoms with E-state index in [1.807, 2.05) is 6.07 Å². The Bertz CT molecular complexity index is 587. The number of aromatic nitrogens is 1. The summed E-state index contributed by atoms with van der Waals surface area (Å²) in [5, 5.41) is 3.29. The number of pyridine rings is 1. The Morgan fingerprint density at radius 2 is 2.05 bits per heavy atom. The quantitative estimate of drug-likeness (QED) is 0.833. The molecule has 4 heteroatoms. The number of nitrogens with zero attached hydrogens (tertiary/aromatic N) is 1. The van der Waals surface area contributed by atoms with E-state index in [0.717, 1.165) is 37.2 Å². The van der Waals surface area contributed by atoms with Gasteiger partial charge in [-0.3, -0.25) is 0 Å². The molecule has 0 fully saturated rings. The first-order valence-corrected chi connectivity index (χ1v) is 7.35. The lowest BCUT2D eigenvalue weighted by Crippen LogP contribution is -2.12. The molecular formula is C17H21FN2O. The number of nitrogens with one attached hydrogen (secondary N) is 1. The standard InChI is InChI=1S/C17H21FN2O/c1-3-6-15-9-13(12-19-4-2)10-17(20-15)21-16-8-5-7-14(18)11-16/h5,7-11,19H,3-4,6,12H2,1-2H3. The molecule has 0 aliphatic carbocycles. The Balaban J connectivity index is 2.22. The molecule has 0 aliphatic heterocycles. The SMILES string of the molecule is CCCc1cc(CNCC)cc(Oc2cccc(F)c2)n1. The van der Waals surface area contributed by atoms with Crippen molar-refractivity contribution in [2.45, 2.75) is 33.2 Å². The average Bonchev–Trinajstić information content (AvgIpc) is 2.45. The molecule has 21 heavy (non-hydrogen) atoms. The molecule has 0 unspecified atom stereocenters. The number of aryl methyl sites for hydroxylation is 1. The third-order valence-corrected chi connectivity index (χ3v) is 3.02. The van der Waals surface area contributed by atoms with Gasteiger partial charge in [0, 0.05) is 24.4 Å². The first kappa shape index (κ1) is 15.4. The third kappa shape index (κ3) is 4.83. The summed E-state index contributed by atoms with van der Waals surface area (Å²) >= 11 is 0. The van der Waals surface area contributed by atoms with E-state index in [-0.39, 0.29) is 5.82 Å². The monoisotopic (exact) mass is 288 g/mol. The van der Waals surface area contributed by atoms with Crippen molar-refractivity contribution in [2.75, 3.05) is 6.54 Å². The minimum absolute atomic E-state index is 0.315. The first-order chi connectivity index (χ1) is 10.2. The summed E-state index contributed by atoms with van der Waals surface area (Å²) in [6.07, 6.45) is 1.93. The summed E-state index contributed by atoms with van der Waals surface area (Å²) in [5.41, 5.74) is 2.13. The number of hydrogen-bond acceptors (Lipinski definition) is 3. The molecule has 1 heterocycles. The maximum atomic E-state index is 13.2. The Hall–Kier alpha value is -1.94. The van der Waals surface area contributed by atoms with Gasteiger partial charge in [0.1, 0.15) is 11.6 Å². The second-order valence-corrected chi connectivity index (χ2v) is 4.89. The zero-order valence-corrected chi connectivity index (χ0v) is 12.5. The van der Waals surface area contributed by atoms with E-state index in [4.69, 9.17) is 4.74 Å². The van der Waals surface area contributed by atoms with E-state index < -0.39 is 0 Å². The zero-order chi connectivity index (χ0) is 15.1. The summed E-state index contributed by atoms with van der Waals surface area (Å²) in [7, 11) is 0. The molecule has 1 N–H and O–H groups in total. The minimum atomic E-state index is -0.315. The van der Waals surface area contributed by atoms with Crippen LogP contribution in [-0.2, 0) is 13.0 Å².